The van der Waals surface area contributed by atoms with Crippen molar-refractivity contribution in [2.45, 2.75) is 13.2 Å². The Kier molecular flexibility index (Phi) is 6.41. The fourth-order valence-electron chi connectivity index (χ4n) is 2.74. The van der Waals surface area contributed by atoms with E-state index in [4.69, 9.17) is 4.74 Å². The van der Waals surface area contributed by atoms with Gasteiger partial charge in [0.15, 0.2) is 0 Å². The van der Waals surface area contributed by atoms with Gasteiger partial charge in [0.25, 0.3) is 11.8 Å². The molecule has 5 nitrogen and oxygen atoms in total. The van der Waals surface area contributed by atoms with E-state index in [1.807, 2.05) is 60.7 Å². The number of nitrogens with one attached hydrogen (secondary N) is 2. The second kappa shape index (κ2) is 9.37. The predicted molar refractivity (Wildman–Crippen MR) is 108 cm³/mol. The van der Waals surface area contributed by atoms with Crippen molar-refractivity contribution in [1.82, 2.24) is 10.6 Å². The Hall–Kier alpha value is -3.60. The van der Waals surface area contributed by atoms with E-state index in [0.29, 0.717) is 24.3 Å². The van der Waals surface area contributed by atoms with Crippen LogP contribution in [-0.2, 0) is 13.2 Å². The van der Waals surface area contributed by atoms with Crippen LogP contribution < -0.4 is 15.4 Å². The van der Waals surface area contributed by atoms with Gasteiger partial charge in [-0.3, -0.25) is 9.59 Å². The van der Waals surface area contributed by atoms with Gasteiger partial charge in [-0.1, -0.05) is 48.5 Å². The third kappa shape index (κ3) is 4.98. The Labute approximate surface area is 164 Å². The van der Waals surface area contributed by atoms with Crippen LogP contribution in [0.2, 0.25) is 0 Å². The molecule has 0 unspecified atom stereocenters. The summed E-state index contributed by atoms with van der Waals surface area (Å²) < 4.78 is 5.77. The SMILES string of the molecule is CNC(=O)c1ccc(CNC(=O)c2ccccc2COc2ccccc2)cc1. The van der Waals surface area contributed by atoms with E-state index in [-0.39, 0.29) is 11.8 Å². The highest BCUT2D eigenvalue weighted by Crippen LogP contribution is 2.15. The van der Waals surface area contributed by atoms with Crippen LogP contribution in [0.4, 0.5) is 0 Å². The van der Waals surface area contributed by atoms with E-state index < -0.39 is 0 Å². The molecule has 2 N–H and O–H groups in total. The van der Waals surface area contributed by atoms with Gasteiger partial charge < -0.3 is 15.4 Å². The van der Waals surface area contributed by atoms with Gasteiger partial charge in [0.2, 0.25) is 0 Å². The molecule has 28 heavy (non-hydrogen) atoms. The number of rotatable bonds is 7. The molecule has 3 aromatic rings. The number of hydrogen-bond acceptors (Lipinski definition) is 3. The van der Waals surface area contributed by atoms with Crippen molar-refractivity contribution in [1.29, 1.82) is 0 Å². The van der Waals surface area contributed by atoms with Crippen molar-refractivity contribution in [3.8, 4) is 5.75 Å². The van der Waals surface area contributed by atoms with Gasteiger partial charge in [-0.15, -0.1) is 0 Å². The number of benzene rings is 3. The van der Waals surface area contributed by atoms with Crippen LogP contribution in [0.3, 0.4) is 0 Å². The first-order valence-electron chi connectivity index (χ1n) is 9.02. The predicted octanol–water partition coefficient (Wildman–Crippen LogP) is 3.56. The molecule has 0 saturated heterocycles. The summed E-state index contributed by atoms with van der Waals surface area (Å²) in [5.74, 6) is 0.458. The Morgan fingerprint density at radius 1 is 0.821 bits per heavy atom. The number of hydrogen-bond donors (Lipinski definition) is 2. The molecule has 0 spiro atoms. The zero-order valence-corrected chi connectivity index (χ0v) is 15.6. The molecule has 3 aromatic carbocycles. The second-order valence-electron chi connectivity index (χ2n) is 6.22. The lowest BCUT2D eigenvalue weighted by Crippen LogP contribution is -2.24. The minimum Gasteiger partial charge on any atom is -0.489 e. The van der Waals surface area contributed by atoms with Crippen LogP contribution in [-0.4, -0.2) is 18.9 Å². The molecule has 3 rings (SSSR count). The molecule has 0 aliphatic carbocycles. The maximum absolute atomic E-state index is 12.6. The summed E-state index contributed by atoms with van der Waals surface area (Å²) in [7, 11) is 1.59. The average Bonchev–Trinajstić information content (AvgIpc) is 2.76. The minimum absolute atomic E-state index is 0.136. The highest BCUT2D eigenvalue weighted by Gasteiger charge is 2.11. The van der Waals surface area contributed by atoms with Crippen molar-refractivity contribution < 1.29 is 14.3 Å². The monoisotopic (exact) mass is 374 g/mol. The Morgan fingerprint density at radius 2 is 1.50 bits per heavy atom. The third-order valence-corrected chi connectivity index (χ3v) is 4.30. The average molecular weight is 374 g/mol. The topological polar surface area (TPSA) is 67.4 Å². The molecule has 5 heteroatoms. The summed E-state index contributed by atoms with van der Waals surface area (Å²) in [6, 6.07) is 24.0. The van der Waals surface area contributed by atoms with Crippen LogP contribution in [0.15, 0.2) is 78.9 Å². The third-order valence-electron chi connectivity index (χ3n) is 4.30. The number of carbonyl (C=O) groups excluding carboxylic acids is 2. The number of carbonyl (C=O) groups is 2. The summed E-state index contributed by atoms with van der Waals surface area (Å²) in [6.07, 6.45) is 0. The van der Waals surface area contributed by atoms with Crippen LogP contribution in [0.1, 0.15) is 31.8 Å². The van der Waals surface area contributed by atoms with Crippen molar-refractivity contribution in [2.75, 3.05) is 7.05 Å². The molecule has 0 aromatic heterocycles. The van der Waals surface area contributed by atoms with Crippen LogP contribution in [0.5, 0.6) is 5.75 Å². The van der Waals surface area contributed by atoms with Gasteiger partial charge in [-0.25, -0.2) is 0 Å². The maximum Gasteiger partial charge on any atom is 0.251 e. The lowest BCUT2D eigenvalue weighted by atomic mass is 10.1. The molecular formula is C23H22N2O3. The molecule has 0 saturated carbocycles. The van der Waals surface area contributed by atoms with Gasteiger partial charge in [-0.2, -0.15) is 0 Å². The van der Waals surface area contributed by atoms with Gasteiger partial charge in [-0.05, 0) is 35.9 Å². The molecule has 0 bridgehead atoms. The normalized spacial score (nSPS) is 10.2. The zero-order chi connectivity index (χ0) is 19.8. The molecular weight excluding hydrogens is 352 g/mol. The van der Waals surface area contributed by atoms with Crippen LogP contribution >= 0.6 is 0 Å². The molecule has 0 fully saturated rings. The molecule has 0 aliphatic rings. The van der Waals surface area contributed by atoms with Crippen molar-refractivity contribution in [3.05, 3.63) is 101 Å². The highest BCUT2D eigenvalue weighted by atomic mass is 16.5. The lowest BCUT2D eigenvalue weighted by molar-refractivity contribution is 0.0944. The van der Waals surface area contributed by atoms with E-state index in [1.165, 1.54) is 0 Å². The van der Waals surface area contributed by atoms with E-state index in [0.717, 1.165) is 16.9 Å². The maximum atomic E-state index is 12.6. The summed E-state index contributed by atoms with van der Waals surface area (Å²) in [5.41, 5.74) is 2.90. The molecule has 0 heterocycles. The van der Waals surface area contributed by atoms with E-state index in [1.54, 1.807) is 25.2 Å². The summed E-state index contributed by atoms with van der Waals surface area (Å²) in [4.78, 5) is 24.2. The molecule has 0 aliphatic heterocycles. The Bertz CT molecular complexity index is 938. The molecule has 2 amide bonds. The molecule has 142 valence electrons. The van der Waals surface area contributed by atoms with Crippen LogP contribution in [0.25, 0.3) is 0 Å². The van der Waals surface area contributed by atoms with Gasteiger partial charge in [0.1, 0.15) is 12.4 Å². The van der Waals surface area contributed by atoms with E-state index in [2.05, 4.69) is 10.6 Å². The van der Waals surface area contributed by atoms with Crippen LogP contribution in [0, 0.1) is 0 Å². The largest absolute Gasteiger partial charge is 0.489 e. The summed E-state index contributed by atoms with van der Waals surface area (Å²) in [5, 5.41) is 5.50. The first kappa shape index (κ1) is 19.2. The number of para-hydroxylation sites is 1. The summed E-state index contributed by atoms with van der Waals surface area (Å²) >= 11 is 0. The van der Waals surface area contributed by atoms with Crippen molar-refractivity contribution in [2.24, 2.45) is 0 Å². The standard InChI is InChI=1S/C23H22N2O3/c1-24-22(26)18-13-11-17(12-14-18)15-25-23(27)21-10-6-5-7-19(21)16-28-20-8-3-2-4-9-20/h2-14H,15-16H2,1H3,(H,24,26)(H,25,27). The fourth-order valence-corrected chi connectivity index (χ4v) is 2.74. The van der Waals surface area contributed by atoms with Gasteiger partial charge >= 0.3 is 0 Å². The second-order valence-corrected chi connectivity index (χ2v) is 6.22. The fraction of sp³-hybridized carbons (Fsp3) is 0.130. The Morgan fingerprint density at radius 3 is 2.21 bits per heavy atom. The van der Waals surface area contributed by atoms with Gasteiger partial charge in [0, 0.05) is 30.3 Å². The quantitative estimate of drug-likeness (QED) is 0.665. The lowest BCUT2D eigenvalue weighted by Gasteiger charge is -2.12. The molecule has 0 atom stereocenters. The number of ether oxygens (including phenoxy) is 1. The zero-order valence-electron chi connectivity index (χ0n) is 15.6. The Balaban J connectivity index is 1.62. The van der Waals surface area contributed by atoms with E-state index >= 15 is 0 Å². The minimum atomic E-state index is -0.164. The van der Waals surface area contributed by atoms with Gasteiger partial charge in [0.05, 0.1) is 0 Å². The number of amides is 2. The summed E-state index contributed by atoms with van der Waals surface area (Å²) in [6.45, 7) is 0.690. The smallest absolute Gasteiger partial charge is 0.251 e. The molecule has 0 radical (unpaired) electrons. The van der Waals surface area contributed by atoms with E-state index in [9.17, 15) is 9.59 Å². The van der Waals surface area contributed by atoms with Crippen molar-refractivity contribution in [3.63, 3.8) is 0 Å². The first-order valence-corrected chi connectivity index (χ1v) is 9.02. The van der Waals surface area contributed by atoms with Crippen molar-refractivity contribution >= 4 is 11.8 Å². The first-order chi connectivity index (χ1) is 13.7. The highest BCUT2D eigenvalue weighted by molar-refractivity contribution is 5.95.